The molecular formula is C18H20F2N6O4S. The van der Waals surface area contributed by atoms with Crippen molar-refractivity contribution in [3.8, 4) is 0 Å². The molecule has 1 fully saturated rings. The van der Waals surface area contributed by atoms with Crippen molar-refractivity contribution in [2.24, 2.45) is 11.3 Å². The largest absolute Gasteiger partial charge is 0.354 e. The zero-order valence-electron chi connectivity index (χ0n) is 19.3. The number of rotatable bonds is 7. The summed E-state index contributed by atoms with van der Waals surface area (Å²) in [5.74, 6) is -6.34. The molecule has 10 nitrogen and oxygen atoms in total. The monoisotopic (exact) mass is 457 g/mol. The molecule has 166 valence electrons. The van der Waals surface area contributed by atoms with Crippen molar-refractivity contribution in [1.82, 2.24) is 20.5 Å². The van der Waals surface area contributed by atoms with Crippen LogP contribution in [0.15, 0.2) is 29.3 Å². The lowest BCUT2D eigenvalue weighted by Crippen LogP contribution is -2.23. The van der Waals surface area contributed by atoms with Gasteiger partial charge in [-0.25, -0.2) is 13.4 Å². The zero-order chi connectivity index (χ0) is 25.5. The van der Waals surface area contributed by atoms with Crippen LogP contribution in [0.2, 0.25) is 0 Å². The van der Waals surface area contributed by atoms with Gasteiger partial charge in [0.2, 0.25) is 15.7 Å². The molecule has 0 saturated heterocycles. The van der Waals surface area contributed by atoms with Crippen LogP contribution in [0.5, 0.6) is 0 Å². The van der Waals surface area contributed by atoms with Crippen molar-refractivity contribution in [1.29, 1.82) is 0 Å². The molecule has 0 aromatic carbocycles. The molecule has 1 atom stereocenters. The number of amides is 2. The lowest BCUT2D eigenvalue weighted by atomic mass is 10.1. The Hall–Kier alpha value is -3.22. The van der Waals surface area contributed by atoms with Crippen molar-refractivity contribution in [3.63, 3.8) is 0 Å². The summed E-state index contributed by atoms with van der Waals surface area (Å²) >= 11 is 0. The average Bonchev–Trinajstić information content (AvgIpc) is 3.35. The van der Waals surface area contributed by atoms with Crippen molar-refractivity contribution in [3.05, 3.63) is 30.1 Å². The molecule has 0 bridgehead atoms. The number of aromatic nitrogens is 3. The van der Waals surface area contributed by atoms with E-state index < -0.39 is 44.9 Å². The number of halogens is 2. The Morgan fingerprint density at radius 3 is 2.65 bits per heavy atom. The lowest BCUT2D eigenvalue weighted by Gasteiger charge is -2.14. The van der Waals surface area contributed by atoms with E-state index in [0.29, 0.717) is 6.42 Å². The molecule has 3 rings (SSSR count). The molecular weight excluding hydrogens is 434 g/mol. The molecule has 0 radical (unpaired) electrons. The van der Waals surface area contributed by atoms with Crippen molar-refractivity contribution >= 4 is 39.0 Å². The molecule has 2 amide bonds. The Morgan fingerprint density at radius 1 is 1.32 bits per heavy atom. The number of carbonyl (C=O) groups is 2. The minimum absolute atomic E-state index is 0.144. The summed E-state index contributed by atoms with van der Waals surface area (Å²) in [4.78, 5) is 27.7. The summed E-state index contributed by atoms with van der Waals surface area (Å²) in [6, 6.07) is 3.09. The smallest absolute Gasteiger partial charge is 0.341 e. The third kappa shape index (κ3) is 4.60. The second kappa shape index (κ2) is 8.13. The van der Waals surface area contributed by atoms with Crippen LogP contribution in [0.4, 0.5) is 26.1 Å². The summed E-state index contributed by atoms with van der Waals surface area (Å²) in [7, 11) is -5.09. The zero-order valence-corrected chi connectivity index (χ0v) is 17.1. The fourth-order valence-corrected chi connectivity index (χ4v) is 3.67. The van der Waals surface area contributed by atoms with E-state index >= 15 is 0 Å². The van der Waals surface area contributed by atoms with Crippen LogP contribution in [0, 0.1) is 11.3 Å². The minimum atomic E-state index is -5.09. The van der Waals surface area contributed by atoms with Gasteiger partial charge in [0, 0.05) is 29.3 Å². The highest BCUT2D eigenvalue weighted by Gasteiger charge is 2.50. The Kier molecular flexibility index (Phi) is 4.86. The maximum atomic E-state index is 13.1. The predicted octanol–water partition coefficient (Wildman–Crippen LogP) is 1.96. The fraction of sp³-hybridized carbons (Fsp3) is 0.389. The van der Waals surface area contributed by atoms with E-state index in [1.54, 1.807) is 5.32 Å². The number of hydrogen-bond acceptors (Lipinski definition) is 8. The van der Waals surface area contributed by atoms with Crippen LogP contribution < -0.4 is 16.0 Å². The molecule has 2 aromatic rings. The standard InChI is InChI=1S/C18H20F2N6O4S/c1-18(2)8-9(18)15(27)24-12-7-10(13(26-25-12)16(28)21-3)23-14-11(5-4-6-22-14)31(29,30)17(19)20/h4-7,9,17H,8H2,1-3H3,(H,21,28)(H2,22,23,24,25,27)/t9-/m0/s1/i3D3. The third-order valence-electron chi connectivity index (χ3n) is 4.77. The van der Waals surface area contributed by atoms with Gasteiger partial charge in [-0.15, -0.1) is 10.2 Å². The summed E-state index contributed by atoms with van der Waals surface area (Å²) in [5.41, 5.74) is -1.14. The van der Waals surface area contributed by atoms with Gasteiger partial charge in [0.1, 0.15) is 10.7 Å². The molecule has 31 heavy (non-hydrogen) atoms. The van der Waals surface area contributed by atoms with Crippen molar-refractivity contribution < 1.29 is 30.9 Å². The highest BCUT2D eigenvalue weighted by molar-refractivity contribution is 7.91. The van der Waals surface area contributed by atoms with E-state index in [2.05, 4.69) is 25.8 Å². The summed E-state index contributed by atoms with van der Waals surface area (Å²) < 4.78 is 71.9. The molecule has 1 aliphatic carbocycles. The molecule has 0 unspecified atom stereocenters. The molecule has 1 aliphatic rings. The van der Waals surface area contributed by atoms with Gasteiger partial charge in [0.15, 0.2) is 11.5 Å². The Balaban J connectivity index is 2.01. The van der Waals surface area contributed by atoms with Crippen LogP contribution in [-0.2, 0) is 14.6 Å². The fourth-order valence-electron chi connectivity index (χ4n) is 2.84. The highest BCUT2D eigenvalue weighted by atomic mass is 32.2. The van der Waals surface area contributed by atoms with E-state index in [-0.39, 0.29) is 28.7 Å². The number of hydrogen-bond donors (Lipinski definition) is 3. The molecule has 13 heteroatoms. The summed E-state index contributed by atoms with van der Waals surface area (Å²) in [6.07, 6.45) is 1.75. The highest BCUT2D eigenvalue weighted by Crippen LogP contribution is 2.52. The van der Waals surface area contributed by atoms with Gasteiger partial charge in [-0.1, -0.05) is 13.8 Å². The first-order valence-corrected chi connectivity index (χ1v) is 10.4. The molecule has 0 spiro atoms. The first-order valence-electron chi connectivity index (χ1n) is 10.4. The van der Waals surface area contributed by atoms with Gasteiger partial charge in [0.25, 0.3) is 5.91 Å². The van der Waals surface area contributed by atoms with Gasteiger partial charge < -0.3 is 16.0 Å². The number of pyridine rings is 1. The molecule has 2 aromatic heterocycles. The van der Waals surface area contributed by atoms with Crippen LogP contribution in [0.25, 0.3) is 0 Å². The van der Waals surface area contributed by atoms with E-state index in [0.717, 1.165) is 24.4 Å². The predicted molar refractivity (Wildman–Crippen MR) is 107 cm³/mol. The van der Waals surface area contributed by atoms with Gasteiger partial charge >= 0.3 is 5.76 Å². The number of alkyl halides is 2. The van der Waals surface area contributed by atoms with Gasteiger partial charge in [-0.05, 0) is 24.0 Å². The lowest BCUT2D eigenvalue weighted by molar-refractivity contribution is -0.118. The first-order chi connectivity index (χ1) is 15.6. The topological polar surface area (TPSA) is 143 Å². The second-order valence-corrected chi connectivity index (χ2v) is 9.35. The van der Waals surface area contributed by atoms with Gasteiger partial charge in [-0.2, -0.15) is 8.78 Å². The number of nitrogens with zero attached hydrogens (tertiary/aromatic N) is 3. The Bertz CT molecular complexity index is 1240. The SMILES string of the molecule is [2H]C([2H])([2H])NC(=O)c1nnc(NC(=O)[C@@H]2CC2(C)C)cc1Nc1ncccc1S(=O)(=O)C(F)F. The van der Waals surface area contributed by atoms with E-state index in [1.807, 2.05) is 13.8 Å². The van der Waals surface area contributed by atoms with Gasteiger partial charge in [-0.3, -0.25) is 9.59 Å². The maximum Gasteiger partial charge on any atom is 0.341 e. The summed E-state index contributed by atoms with van der Waals surface area (Å²) in [6.45, 7) is 0.893. The van der Waals surface area contributed by atoms with E-state index in [1.165, 1.54) is 0 Å². The molecule has 2 heterocycles. The Morgan fingerprint density at radius 2 is 2.03 bits per heavy atom. The number of nitrogens with one attached hydrogen (secondary N) is 3. The van der Waals surface area contributed by atoms with Crippen molar-refractivity contribution in [2.75, 3.05) is 17.6 Å². The van der Waals surface area contributed by atoms with E-state index in [9.17, 15) is 26.8 Å². The number of sulfone groups is 1. The second-order valence-electron chi connectivity index (χ2n) is 7.46. The number of carbonyl (C=O) groups excluding carboxylic acids is 2. The van der Waals surface area contributed by atoms with Crippen molar-refractivity contribution in [2.45, 2.75) is 30.9 Å². The average molecular weight is 457 g/mol. The number of anilines is 3. The van der Waals surface area contributed by atoms with Crippen LogP contribution in [0.1, 0.15) is 34.9 Å². The van der Waals surface area contributed by atoms with Gasteiger partial charge in [0.05, 0.1) is 5.69 Å². The maximum absolute atomic E-state index is 13.1. The summed E-state index contributed by atoms with van der Waals surface area (Å²) in [5, 5.41) is 14.0. The minimum Gasteiger partial charge on any atom is -0.354 e. The van der Waals surface area contributed by atoms with E-state index in [4.69, 9.17) is 4.11 Å². The molecule has 3 N–H and O–H groups in total. The molecule has 1 saturated carbocycles. The quantitative estimate of drug-likeness (QED) is 0.573. The first kappa shape index (κ1) is 18.5. The van der Waals surface area contributed by atoms with Crippen LogP contribution in [0.3, 0.4) is 0 Å². The van der Waals surface area contributed by atoms with Crippen LogP contribution in [-0.4, -0.2) is 48.1 Å². The Labute approximate surface area is 181 Å². The molecule has 0 aliphatic heterocycles. The van der Waals surface area contributed by atoms with Crippen LogP contribution >= 0.6 is 0 Å². The normalized spacial score (nSPS) is 19.0. The third-order valence-corrected chi connectivity index (χ3v) is 6.18.